The predicted molar refractivity (Wildman–Crippen MR) is 166 cm³/mol. The standard InChI is InChI=1S/C32H35N5O5.ClH/c1-18-12-23(29(34)38)13-19(2)24(18)15-26(33)31(39)37(17-21-10-11-28(42-4)25(14-21)32(40)41)20(3)30-35-16-27(36-30)22-8-6-5-7-9-22;/h5-14,16,20,26H,15,17,33H2,1-4H3,(H2,34,38)(H,35,36)(H,40,41);1H. The van der Waals surface area contributed by atoms with Crippen molar-refractivity contribution in [2.24, 2.45) is 11.5 Å². The van der Waals surface area contributed by atoms with Gasteiger partial charge in [-0.1, -0.05) is 36.4 Å². The molecule has 0 saturated heterocycles. The Morgan fingerprint density at radius 2 is 1.70 bits per heavy atom. The first kappa shape index (κ1) is 32.8. The van der Waals surface area contributed by atoms with Gasteiger partial charge in [0, 0.05) is 23.9 Å². The number of primary amides is 1. The number of carbonyl (C=O) groups excluding carboxylic acids is 2. The average molecular weight is 606 g/mol. The normalized spacial score (nSPS) is 12.1. The number of nitrogens with one attached hydrogen (secondary N) is 1. The Morgan fingerprint density at radius 3 is 2.28 bits per heavy atom. The number of hydrogen-bond acceptors (Lipinski definition) is 6. The van der Waals surface area contributed by atoms with Crippen molar-refractivity contribution in [1.29, 1.82) is 0 Å². The van der Waals surface area contributed by atoms with Crippen molar-refractivity contribution in [3.8, 4) is 17.0 Å². The molecule has 1 aromatic heterocycles. The number of aryl methyl sites for hydroxylation is 2. The number of aromatic nitrogens is 2. The average Bonchev–Trinajstić information content (AvgIpc) is 3.47. The number of carboxylic acids is 1. The van der Waals surface area contributed by atoms with E-state index >= 15 is 0 Å². The van der Waals surface area contributed by atoms with Crippen LogP contribution in [0, 0.1) is 13.8 Å². The van der Waals surface area contributed by atoms with Crippen LogP contribution in [0.15, 0.2) is 66.9 Å². The van der Waals surface area contributed by atoms with E-state index in [2.05, 4.69) is 4.98 Å². The fourth-order valence-corrected chi connectivity index (χ4v) is 5.06. The second-order valence-electron chi connectivity index (χ2n) is 10.3. The van der Waals surface area contributed by atoms with Crippen LogP contribution in [0.1, 0.15) is 61.8 Å². The van der Waals surface area contributed by atoms with Crippen molar-refractivity contribution in [3.05, 3.63) is 106 Å². The molecular weight excluding hydrogens is 570 g/mol. The van der Waals surface area contributed by atoms with Gasteiger partial charge >= 0.3 is 5.97 Å². The number of methoxy groups -OCH3 is 1. The van der Waals surface area contributed by atoms with Gasteiger partial charge in [0.05, 0.1) is 24.9 Å². The van der Waals surface area contributed by atoms with Gasteiger partial charge in [-0.15, -0.1) is 12.4 Å². The molecule has 1 heterocycles. The summed E-state index contributed by atoms with van der Waals surface area (Å²) in [5.74, 6) is -1.23. The van der Waals surface area contributed by atoms with Gasteiger partial charge in [-0.2, -0.15) is 0 Å². The molecule has 4 aromatic rings. The highest BCUT2D eigenvalue weighted by atomic mass is 35.5. The Morgan fingerprint density at radius 1 is 1.05 bits per heavy atom. The third-order valence-electron chi connectivity index (χ3n) is 7.38. The van der Waals surface area contributed by atoms with E-state index in [9.17, 15) is 19.5 Å². The van der Waals surface area contributed by atoms with Crippen molar-refractivity contribution in [2.45, 2.75) is 45.8 Å². The lowest BCUT2D eigenvalue weighted by Gasteiger charge is -2.31. The molecule has 2 unspecified atom stereocenters. The van der Waals surface area contributed by atoms with Crippen LogP contribution in [0.5, 0.6) is 5.75 Å². The summed E-state index contributed by atoms with van der Waals surface area (Å²) in [6, 6.07) is 16.4. The van der Waals surface area contributed by atoms with Gasteiger partial charge in [0.2, 0.25) is 11.8 Å². The number of aromatic amines is 1. The zero-order valence-electron chi connectivity index (χ0n) is 24.5. The Balaban J connectivity index is 0.00000506. The fourth-order valence-electron chi connectivity index (χ4n) is 5.06. The minimum Gasteiger partial charge on any atom is -0.496 e. The summed E-state index contributed by atoms with van der Waals surface area (Å²) >= 11 is 0. The summed E-state index contributed by atoms with van der Waals surface area (Å²) in [5, 5.41) is 9.70. The Kier molecular flexibility index (Phi) is 10.7. The number of halogens is 1. The first-order chi connectivity index (χ1) is 20.0. The van der Waals surface area contributed by atoms with Gasteiger partial charge in [-0.05, 0) is 73.7 Å². The number of imidazole rings is 1. The van der Waals surface area contributed by atoms with Crippen LogP contribution in [0.25, 0.3) is 11.3 Å². The Labute approximate surface area is 256 Å². The quantitative estimate of drug-likeness (QED) is 0.194. The monoisotopic (exact) mass is 605 g/mol. The van der Waals surface area contributed by atoms with Gasteiger partial charge in [-0.25, -0.2) is 9.78 Å². The van der Waals surface area contributed by atoms with Gasteiger partial charge in [0.15, 0.2) is 0 Å². The molecule has 0 aliphatic rings. The van der Waals surface area contributed by atoms with E-state index in [0.29, 0.717) is 17.0 Å². The summed E-state index contributed by atoms with van der Waals surface area (Å²) in [6.07, 6.45) is 2.02. The van der Waals surface area contributed by atoms with Crippen LogP contribution >= 0.6 is 12.4 Å². The molecule has 11 heteroatoms. The number of nitrogens with two attached hydrogens (primary N) is 2. The van der Waals surface area contributed by atoms with E-state index < -0.39 is 24.0 Å². The van der Waals surface area contributed by atoms with Crippen LogP contribution in [0.2, 0.25) is 0 Å². The van der Waals surface area contributed by atoms with Crippen LogP contribution in [0.4, 0.5) is 0 Å². The maximum absolute atomic E-state index is 14.0. The van der Waals surface area contributed by atoms with Crippen molar-refractivity contribution in [1.82, 2.24) is 14.9 Å². The number of aromatic carboxylic acids is 1. The van der Waals surface area contributed by atoms with E-state index in [0.717, 1.165) is 27.9 Å². The second kappa shape index (κ2) is 14.0. The molecule has 0 aliphatic heterocycles. The molecule has 10 nitrogen and oxygen atoms in total. The molecule has 3 aromatic carbocycles. The number of rotatable bonds is 11. The largest absolute Gasteiger partial charge is 0.496 e. The number of H-pyrrole nitrogens is 1. The Hall–Kier alpha value is -4.67. The third-order valence-corrected chi connectivity index (χ3v) is 7.38. The minimum absolute atomic E-state index is 0. The molecular formula is C32H36ClN5O5. The zero-order chi connectivity index (χ0) is 30.6. The maximum atomic E-state index is 14.0. The van der Waals surface area contributed by atoms with Crippen LogP contribution in [0.3, 0.4) is 0 Å². The highest BCUT2D eigenvalue weighted by molar-refractivity contribution is 5.93. The Bertz CT molecular complexity index is 1600. The maximum Gasteiger partial charge on any atom is 0.339 e. The molecule has 0 bridgehead atoms. The van der Waals surface area contributed by atoms with E-state index in [1.165, 1.54) is 13.2 Å². The highest BCUT2D eigenvalue weighted by Crippen LogP contribution is 2.28. The minimum atomic E-state index is -1.14. The van der Waals surface area contributed by atoms with Gasteiger partial charge in [0.25, 0.3) is 0 Å². The molecule has 0 spiro atoms. The molecule has 43 heavy (non-hydrogen) atoms. The van der Waals surface area contributed by atoms with Crippen LogP contribution < -0.4 is 16.2 Å². The summed E-state index contributed by atoms with van der Waals surface area (Å²) in [4.78, 5) is 47.1. The zero-order valence-corrected chi connectivity index (χ0v) is 25.3. The molecule has 2 atom stereocenters. The van der Waals surface area contributed by atoms with Crippen LogP contribution in [-0.4, -0.2) is 50.9 Å². The van der Waals surface area contributed by atoms with Crippen LogP contribution in [-0.2, 0) is 17.8 Å². The van der Waals surface area contributed by atoms with E-state index in [1.807, 2.05) is 51.1 Å². The SMILES string of the molecule is COc1ccc(CN(C(=O)C(N)Cc2c(C)cc(C(N)=O)cc2C)C(C)c2nc(-c3ccccc3)c[nH]2)cc1C(=O)O.Cl. The topological polar surface area (TPSA) is 165 Å². The number of ether oxygens (including phenoxy) is 1. The second-order valence-corrected chi connectivity index (χ2v) is 10.3. The number of nitrogens with zero attached hydrogens (tertiary/aromatic N) is 2. The lowest BCUT2D eigenvalue weighted by molar-refractivity contribution is -0.135. The highest BCUT2D eigenvalue weighted by Gasteiger charge is 2.29. The van der Waals surface area contributed by atoms with E-state index in [-0.39, 0.29) is 42.6 Å². The predicted octanol–water partition coefficient (Wildman–Crippen LogP) is 4.58. The molecule has 0 saturated carbocycles. The van der Waals surface area contributed by atoms with E-state index in [1.54, 1.807) is 35.4 Å². The van der Waals surface area contributed by atoms with Crippen molar-refractivity contribution in [2.75, 3.05) is 7.11 Å². The summed E-state index contributed by atoms with van der Waals surface area (Å²) < 4.78 is 5.20. The smallest absolute Gasteiger partial charge is 0.339 e. The molecule has 0 radical (unpaired) electrons. The lowest BCUT2D eigenvalue weighted by Crippen LogP contribution is -2.46. The number of carbonyl (C=O) groups is 3. The summed E-state index contributed by atoms with van der Waals surface area (Å²) in [5.41, 5.74) is 17.1. The van der Waals surface area contributed by atoms with Crippen molar-refractivity contribution < 1.29 is 24.2 Å². The molecule has 0 fully saturated rings. The summed E-state index contributed by atoms with van der Waals surface area (Å²) in [6.45, 7) is 5.63. The van der Waals surface area contributed by atoms with Crippen molar-refractivity contribution in [3.63, 3.8) is 0 Å². The third kappa shape index (κ3) is 7.40. The van der Waals surface area contributed by atoms with Crippen molar-refractivity contribution >= 4 is 30.2 Å². The molecule has 2 amide bonds. The number of benzene rings is 3. The molecule has 6 N–H and O–H groups in total. The fraction of sp³-hybridized carbons (Fsp3) is 0.250. The molecule has 4 rings (SSSR count). The van der Waals surface area contributed by atoms with Gasteiger partial charge in [-0.3, -0.25) is 9.59 Å². The lowest BCUT2D eigenvalue weighted by atomic mass is 9.93. The molecule has 0 aliphatic carbocycles. The van der Waals surface area contributed by atoms with E-state index in [4.69, 9.17) is 21.2 Å². The first-order valence-electron chi connectivity index (χ1n) is 13.5. The van der Waals surface area contributed by atoms with Gasteiger partial charge < -0.3 is 31.2 Å². The number of amides is 2. The van der Waals surface area contributed by atoms with Gasteiger partial charge in [0.1, 0.15) is 17.1 Å². The first-order valence-corrected chi connectivity index (χ1v) is 13.5. The number of carboxylic acid groups (broad SMARTS) is 1. The number of hydrogen-bond donors (Lipinski definition) is 4. The molecule has 226 valence electrons. The summed E-state index contributed by atoms with van der Waals surface area (Å²) in [7, 11) is 1.40.